The Morgan fingerprint density at radius 2 is 1.61 bits per heavy atom. The molecule has 38 heavy (non-hydrogen) atoms. The topological polar surface area (TPSA) is 94.7 Å². The van der Waals surface area contributed by atoms with Crippen LogP contribution in [0.2, 0.25) is 0 Å². The summed E-state index contributed by atoms with van der Waals surface area (Å²) in [5.74, 6) is 6.09. The molecule has 0 amide bonds. The summed E-state index contributed by atoms with van der Waals surface area (Å²) in [6.45, 7) is 3.70. The maximum absolute atomic E-state index is 12.7. The van der Waals surface area contributed by atoms with Gasteiger partial charge in [0.05, 0.1) is 45.8 Å². The van der Waals surface area contributed by atoms with E-state index in [2.05, 4.69) is 33.7 Å². The quantitative estimate of drug-likeness (QED) is 0.314. The molecule has 5 rings (SSSR count). The second-order valence-corrected chi connectivity index (χ2v) is 8.88. The normalized spacial score (nSPS) is 13.0. The van der Waals surface area contributed by atoms with Crippen LogP contribution in [0.3, 0.4) is 0 Å². The molecule has 0 fully saturated rings. The van der Waals surface area contributed by atoms with Gasteiger partial charge in [0.25, 0.3) is 0 Å². The number of halogens is 3. The molecule has 1 aliphatic heterocycles. The molecule has 3 aromatic carbocycles. The van der Waals surface area contributed by atoms with E-state index in [0.29, 0.717) is 50.8 Å². The zero-order chi connectivity index (χ0) is 27.1. The first-order valence-electron chi connectivity index (χ1n) is 11.3. The summed E-state index contributed by atoms with van der Waals surface area (Å²) in [5.41, 5.74) is 2.74. The number of nitrogens with zero attached hydrogens (tertiary/aromatic N) is 3. The molecule has 0 saturated carbocycles. The average molecular weight is 510 g/mol. The largest absolute Gasteiger partial charge is 0.573 e. The van der Waals surface area contributed by atoms with E-state index >= 15 is 0 Å². The molecular formula is C29H17F3N4O2. The molecule has 0 radical (unpaired) electrons. The number of rotatable bonds is 2. The number of aromatic nitrogens is 2. The molecule has 0 unspecified atom stereocenters. The number of aromatic amines is 1. The van der Waals surface area contributed by atoms with Crippen LogP contribution < -0.4 is 9.47 Å². The first-order valence-corrected chi connectivity index (χ1v) is 11.3. The Labute approximate surface area is 215 Å². The van der Waals surface area contributed by atoms with Gasteiger partial charge in [0.2, 0.25) is 0 Å². The summed E-state index contributed by atoms with van der Waals surface area (Å²) in [6, 6.07) is 19.9. The van der Waals surface area contributed by atoms with E-state index in [-0.39, 0.29) is 11.3 Å². The lowest BCUT2D eigenvalue weighted by Crippen LogP contribution is -2.29. The van der Waals surface area contributed by atoms with E-state index in [9.17, 15) is 23.7 Å². The van der Waals surface area contributed by atoms with Crippen molar-refractivity contribution in [2.75, 3.05) is 0 Å². The highest BCUT2D eigenvalue weighted by Gasteiger charge is 2.37. The van der Waals surface area contributed by atoms with Crippen LogP contribution in [0.15, 0.2) is 60.7 Å². The fourth-order valence-corrected chi connectivity index (χ4v) is 4.25. The van der Waals surface area contributed by atoms with Gasteiger partial charge in [-0.25, -0.2) is 4.98 Å². The fraction of sp³-hybridized carbons (Fsp3) is 0.138. The van der Waals surface area contributed by atoms with Crippen molar-refractivity contribution in [1.82, 2.24) is 9.97 Å². The van der Waals surface area contributed by atoms with E-state index in [1.165, 1.54) is 18.2 Å². The summed E-state index contributed by atoms with van der Waals surface area (Å²) >= 11 is 0. The molecule has 0 aliphatic carbocycles. The van der Waals surface area contributed by atoms with Crippen molar-refractivity contribution in [3.05, 3.63) is 88.6 Å². The number of para-hydroxylation sites is 1. The maximum Gasteiger partial charge on any atom is 0.573 e. The second-order valence-electron chi connectivity index (χ2n) is 8.88. The Morgan fingerprint density at radius 1 is 0.921 bits per heavy atom. The molecular weight excluding hydrogens is 493 g/mol. The third-order valence-electron chi connectivity index (χ3n) is 5.90. The number of imidazole rings is 1. The van der Waals surface area contributed by atoms with E-state index in [4.69, 9.17) is 9.72 Å². The summed E-state index contributed by atoms with van der Waals surface area (Å²) < 4.78 is 48.5. The highest BCUT2D eigenvalue weighted by molar-refractivity contribution is 5.79. The van der Waals surface area contributed by atoms with Gasteiger partial charge in [-0.2, -0.15) is 10.5 Å². The fourth-order valence-electron chi connectivity index (χ4n) is 4.25. The number of hydrogen-bond donors (Lipinski definition) is 1. The van der Waals surface area contributed by atoms with Crippen molar-refractivity contribution in [2.24, 2.45) is 0 Å². The van der Waals surface area contributed by atoms with E-state index < -0.39 is 12.0 Å². The van der Waals surface area contributed by atoms with Crippen LogP contribution in [0, 0.1) is 34.5 Å². The Balaban J connectivity index is 1.56. The molecule has 0 bridgehead atoms. The van der Waals surface area contributed by atoms with Gasteiger partial charge in [-0.15, -0.1) is 13.2 Å². The third-order valence-corrected chi connectivity index (χ3v) is 5.90. The van der Waals surface area contributed by atoms with Crippen molar-refractivity contribution < 1.29 is 22.6 Å². The minimum Gasteiger partial charge on any atom is -0.481 e. The summed E-state index contributed by atoms with van der Waals surface area (Å²) in [5, 5.41) is 19.2. The Hall–Kier alpha value is -5.20. The standard InChI is InChI=1S/C29H17F3N4O2/c1-28(2)26-25(35-27(36-26)24-19(15-33)7-5-8-20(24)16-34)21-13-11-17(14-23(21)37-28)10-12-18-6-3-4-9-22(18)38-29(30,31)32/h3-9,11,13-14H,1-2H3,(H,35,36). The molecule has 6 nitrogen and oxygen atoms in total. The van der Waals surface area contributed by atoms with Crippen LogP contribution in [0.5, 0.6) is 11.5 Å². The summed E-state index contributed by atoms with van der Waals surface area (Å²) in [4.78, 5) is 7.99. The number of nitriles is 2. The molecule has 0 atom stereocenters. The predicted octanol–water partition coefficient (Wildman–Crippen LogP) is 6.41. The molecule has 2 heterocycles. The van der Waals surface area contributed by atoms with E-state index in [0.717, 1.165) is 0 Å². The summed E-state index contributed by atoms with van der Waals surface area (Å²) in [6.07, 6.45) is -4.83. The molecule has 186 valence electrons. The average Bonchev–Trinajstić information content (AvgIpc) is 3.33. The first kappa shape index (κ1) is 24.5. The van der Waals surface area contributed by atoms with E-state index in [1.807, 2.05) is 13.8 Å². The smallest absolute Gasteiger partial charge is 0.481 e. The van der Waals surface area contributed by atoms with Crippen molar-refractivity contribution >= 4 is 0 Å². The number of ether oxygens (including phenoxy) is 2. The van der Waals surface area contributed by atoms with Gasteiger partial charge >= 0.3 is 6.36 Å². The van der Waals surface area contributed by atoms with Crippen molar-refractivity contribution in [3.63, 3.8) is 0 Å². The van der Waals surface area contributed by atoms with Crippen LogP contribution >= 0.6 is 0 Å². The minimum absolute atomic E-state index is 0.0903. The van der Waals surface area contributed by atoms with Gasteiger partial charge < -0.3 is 14.5 Å². The van der Waals surface area contributed by atoms with Gasteiger partial charge in [0, 0.05) is 11.1 Å². The second kappa shape index (κ2) is 9.03. The zero-order valence-electron chi connectivity index (χ0n) is 20.1. The number of benzene rings is 3. The van der Waals surface area contributed by atoms with Crippen LogP contribution in [-0.4, -0.2) is 16.3 Å². The molecule has 9 heteroatoms. The number of nitrogens with one attached hydrogen (secondary N) is 1. The Morgan fingerprint density at radius 3 is 2.29 bits per heavy atom. The van der Waals surface area contributed by atoms with Gasteiger partial charge in [-0.3, -0.25) is 0 Å². The number of H-pyrrole nitrogens is 1. The summed E-state index contributed by atoms with van der Waals surface area (Å²) in [7, 11) is 0. The Kier molecular flexibility index (Phi) is 5.82. The van der Waals surface area contributed by atoms with Crippen molar-refractivity contribution in [2.45, 2.75) is 25.8 Å². The molecule has 1 N–H and O–H groups in total. The van der Waals surface area contributed by atoms with Crippen molar-refractivity contribution in [3.8, 4) is 58.1 Å². The van der Waals surface area contributed by atoms with Gasteiger partial charge in [-0.1, -0.05) is 30.0 Å². The Bertz CT molecular complexity index is 1700. The highest BCUT2D eigenvalue weighted by Crippen LogP contribution is 2.45. The zero-order valence-corrected chi connectivity index (χ0v) is 20.1. The predicted molar refractivity (Wildman–Crippen MR) is 132 cm³/mol. The van der Waals surface area contributed by atoms with Crippen molar-refractivity contribution in [1.29, 1.82) is 10.5 Å². The van der Waals surface area contributed by atoms with E-state index in [1.54, 1.807) is 42.5 Å². The molecule has 4 aromatic rings. The monoisotopic (exact) mass is 510 g/mol. The number of alkyl halides is 3. The van der Waals surface area contributed by atoms with Gasteiger partial charge in [-0.05, 0) is 56.3 Å². The van der Waals surface area contributed by atoms with Crippen LogP contribution in [0.4, 0.5) is 13.2 Å². The number of fused-ring (bicyclic) bond motifs is 3. The van der Waals surface area contributed by atoms with Crippen LogP contribution in [-0.2, 0) is 5.60 Å². The third kappa shape index (κ3) is 4.52. The highest BCUT2D eigenvalue weighted by atomic mass is 19.4. The lowest BCUT2D eigenvalue weighted by atomic mass is 9.94. The van der Waals surface area contributed by atoms with Crippen LogP contribution in [0.1, 0.15) is 41.8 Å². The number of hydrogen-bond acceptors (Lipinski definition) is 5. The van der Waals surface area contributed by atoms with Gasteiger partial charge in [0.15, 0.2) is 0 Å². The SMILES string of the molecule is CC1(C)Oc2cc(C#Cc3ccccc3OC(F)(F)F)ccc2-c2nc(-c3c(C#N)cccc3C#N)[nH]c21. The maximum atomic E-state index is 12.7. The lowest BCUT2D eigenvalue weighted by molar-refractivity contribution is -0.274. The lowest BCUT2D eigenvalue weighted by Gasteiger charge is -2.31. The molecule has 1 aromatic heterocycles. The molecule has 0 saturated heterocycles. The minimum atomic E-state index is -4.83. The molecule has 0 spiro atoms. The first-order chi connectivity index (χ1) is 18.1. The van der Waals surface area contributed by atoms with Crippen LogP contribution in [0.25, 0.3) is 22.6 Å². The van der Waals surface area contributed by atoms with Gasteiger partial charge in [0.1, 0.15) is 22.9 Å². The molecule has 1 aliphatic rings.